The third-order valence-corrected chi connectivity index (χ3v) is 9.78. The number of rotatable bonds is 8. The Morgan fingerprint density at radius 1 is 0.907 bits per heavy atom. The molecule has 9 heteroatoms. The number of aryl methyl sites for hydroxylation is 1. The van der Waals surface area contributed by atoms with Gasteiger partial charge in [-0.25, -0.2) is 22.2 Å². The zero-order chi connectivity index (χ0) is 30.6. The number of sulfonamides is 1. The molecule has 0 bridgehead atoms. The Bertz CT molecular complexity index is 1650. The van der Waals surface area contributed by atoms with Crippen LogP contribution in [0.4, 0.5) is 16.3 Å². The Hall–Kier alpha value is -3.95. The number of urea groups is 1. The van der Waals surface area contributed by atoms with Crippen LogP contribution >= 0.6 is 0 Å². The Labute approximate surface area is 255 Å². The van der Waals surface area contributed by atoms with E-state index >= 15 is 0 Å². The minimum atomic E-state index is -3.36. The highest BCUT2D eigenvalue weighted by Gasteiger charge is 2.29. The molecular formula is C34H41N5O3S. The molecule has 0 unspecified atom stereocenters. The van der Waals surface area contributed by atoms with Gasteiger partial charge in [-0.2, -0.15) is 5.10 Å². The predicted molar refractivity (Wildman–Crippen MR) is 173 cm³/mol. The van der Waals surface area contributed by atoms with Gasteiger partial charge in [-0.3, -0.25) is 5.32 Å². The van der Waals surface area contributed by atoms with Gasteiger partial charge in [-0.05, 0) is 61.4 Å². The summed E-state index contributed by atoms with van der Waals surface area (Å²) < 4.78 is 29.4. The average molecular weight is 600 g/mol. The highest BCUT2D eigenvalue weighted by atomic mass is 32.2. The van der Waals surface area contributed by atoms with Crippen molar-refractivity contribution in [3.63, 3.8) is 0 Å². The molecule has 8 nitrogen and oxygen atoms in total. The van der Waals surface area contributed by atoms with E-state index in [9.17, 15) is 13.2 Å². The predicted octanol–water partition coefficient (Wildman–Crippen LogP) is 6.91. The zero-order valence-electron chi connectivity index (χ0n) is 25.4. The van der Waals surface area contributed by atoms with Crippen molar-refractivity contribution < 1.29 is 13.2 Å². The summed E-state index contributed by atoms with van der Waals surface area (Å²) in [5, 5.41) is 10.9. The van der Waals surface area contributed by atoms with Crippen LogP contribution in [0.3, 0.4) is 0 Å². The number of aromatic nitrogens is 2. The number of amides is 2. The van der Waals surface area contributed by atoms with Gasteiger partial charge in [0.25, 0.3) is 0 Å². The van der Waals surface area contributed by atoms with Gasteiger partial charge in [-0.15, -0.1) is 0 Å². The van der Waals surface area contributed by atoms with E-state index in [2.05, 4.69) is 31.4 Å². The second kappa shape index (κ2) is 12.7. The minimum Gasteiger partial charge on any atom is -0.307 e. The largest absolute Gasteiger partial charge is 0.324 e. The number of carbonyl (C=O) groups excluding carboxylic acids is 1. The summed E-state index contributed by atoms with van der Waals surface area (Å²) in [7, 11) is -3.36. The number of benzene rings is 3. The number of anilines is 2. The SMILES string of the molecule is Cc1ccc(-n2nc(C(C)(C)C)cc2NC(=O)Nc2ccccc2CC2CCN(S(=O)(=O)Cc3ccccc3)CC2)cc1. The summed E-state index contributed by atoms with van der Waals surface area (Å²) in [5.74, 6) is 0.944. The summed E-state index contributed by atoms with van der Waals surface area (Å²) in [6, 6.07) is 26.8. The van der Waals surface area contributed by atoms with Gasteiger partial charge in [-0.1, -0.05) is 87.0 Å². The number of hydrogen-bond donors (Lipinski definition) is 2. The first kappa shape index (κ1) is 30.5. The van der Waals surface area contributed by atoms with Crippen molar-refractivity contribution in [2.45, 2.75) is 58.1 Å². The van der Waals surface area contributed by atoms with E-state index in [1.165, 1.54) is 0 Å². The Kier molecular flexibility index (Phi) is 9.03. The third kappa shape index (κ3) is 7.72. The van der Waals surface area contributed by atoms with Gasteiger partial charge >= 0.3 is 6.03 Å². The van der Waals surface area contributed by atoms with Crippen LogP contribution in [0.25, 0.3) is 5.69 Å². The van der Waals surface area contributed by atoms with Crippen molar-refractivity contribution in [2.75, 3.05) is 23.7 Å². The second-order valence-corrected chi connectivity index (χ2v) is 14.4. The van der Waals surface area contributed by atoms with Gasteiger partial charge in [0.2, 0.25) is 10.0 Å². The molecule has 1 saturated heterocycles. The molecule has 1 aliphatic heterocycles. The highest BCUT2D eigenvalue weighted by Crippen LogP contribution is 2.29. The lowest BCUT2D eigenvalue weighted by molar-refractivity contribution is 0.261. The topological polar surface area (TPSA) is 96.3 Å². The number of hydrogen-bond acceptors (Lipinski definition) is 4. The first-order valence-electron chi connectivity index (χ1n) is 14.8. The van der Waals surface area contributed by atoms with Crippen LogP contribution in [0, 0.1) is 12.8 Å². The van der Waals surface area contributed by atoms with Crippen LogP contribution in [0.1, 0.15) is 56.0 Å². The number of para-hydroxylation sites is 1. The molecule has 2 heterocycles. The van der Waals surface area contributed by atoms with Crippen molar-refractivity contribution in [1.29, 1.82) is 0 Å². The molecule has 0 saturated carbocycles. The molecule has 43 heavy (non-hydrogen) atoms. The maximum absolute atomic E-state index is 13.3. The van der Waals surface area contributed by atoms with Crippen molar-refractivity contribution in [2.24, 2.45) is 5.92 Å². The molecule has 1 fully saturated rings. The monoisotopic (exact) mass is 599 g/mol. The maximum Gasteiger partial charge on any atom is 0.324 e. The first-order chi connectivity index (χ1) is 20.5. The standard InChI is InChI=1S/C34H41N5O3S/c1-25-14-16-29(17-15-25)39-32(23-31(37-39)34(2,3)4)36-33(40)35-30-13-9-8-12-28(30)22-26-18-20-38(21-19-26)43(41,42)24-27-10-6-5-7-11-27/h5-17,23,26H,18-22,24H2,1-4H3,(H2,35,36,40). The van der Waals surface area contributed by atoms with Crippen LogP contribution in [-0.2, 0) is 27.6 Å². The number of piperidine rings is 1. The number of nitrogens with one attached hydrogen (secondary N) is 2. The van der Waals surface area contributed by atoms with E-state index in [0.717, 1.165) is 53.0 Å². The summed E-state index contributed by atoms with van der Waals surface area (Å²) >= 11 is 0. The Morgan fingerprint density at radius 3 is 2.23 bits per heavy atom. The fourth-order valence-corrected chi connectivity index (χ4v) is 6.95. The summed E-state index contributed by atoms with van der Waals surface area (Å²) in [6.07, 6.45) is 2.32. The van der Waals surface area contributed by atoms with Crippen LogP contribution in [0.2, 0.25) is 0 Å². The van der Waals surface area contributed by atoms with Gasteiger partial charge in [0, 0.05) is 30.3 Å². The quantitative estimate of drug-likeness (QED) is 0.230. The molecule has 3 aromatic carbocycles. The van der Waals surface area contributed by atoms with E-state index in [0.29, 0.717) is 24.8 Å². The number of nitrogens with zero attached hydrogens (tertiary/aromatic N) is 3. The van der Waals surface area contributed by atoms with E-state index in [4.69, 9.17) is 5.10 Å². The van der Waals surface area contributed by atoms with Crippen LogP contribution in [0.15, 0.2) is 84.9 Å². The molecule has 2 amide bonds. The molecule has 0 aliphatic carbocycles. The Balaban J connectivity index is 1.24. The summed E-state index contributed by atoms with van der Waals surface area (Å²) in [6.45, 7) is 9.34. The molecule has 0 spiro atoms. The molecular weight excluding hydrogens is 558 g/mol. The lowest BCUT2D eigenvalue weighted by Crippen LogP contribution is -2.39. The van der Waals surface area contributed by atoms with Crippen LogP contribution in [0.5, 0.6) is 0 Å². The third-order valence-electron chi connectivity index (χ3n) is 7.93. The molecule has 226 valence electrons. The van der Waals surface area contributed by atoms with Gasteiger partial charge in [0.1, 0.15) is 5.82 Å². The maximum atomic E-state index is 13.3. The second-order valence-electron chi connectivity index (χ2n) is 12.4. The van der Waals surface area contributed by atoms with Gasteiger partial charge in [0.15, 0.2) is 0 Å². The van der Waals surface area contributed by atoms with Crippen LogP contribution in [-0.4, -0.2) is 41.6 Å². The zero-order valence-corrected chi connectivity index (χ0v) is 26.2. The first-order valence-corrected chi connectivity index (χ1v) is 16.4. The van der Waals surface area contributed by atoms with E-state index in [1.807, 2.05) is 91.9 Å². The average Bonchev–Trinajstić information content (AvgIpc) is 3.39. The highest BCUT2D eigenvalue weighted by molar-refractivity contribution is 7.88. The van der Waals surface area contributed by atoms with Crippen LogP contribution < -0.4 is 10.6 Å². The lowest BCUT2D eigenvalue weighted by atomic mass is 9.90. The van der Waals surface area contributed by atoms with Gasteiger partial charge in [0.05, 0.1) is 17.1 Å². The minimum absolute atomic E-state index is 0.0282. The molecule has 1 aliphatic rings. The smallest absolute Gasteiger partial charge is 0.307 e. The van der Waals surface area contributed by atoms with E-state index in [1.54, 1.807) is 8.99 Å². The van der Waals surface area contributed by atoms with E-state index < -0.39 is 10.0 Å². The van der Waals surface area contributed by atoms with E-state index in [-0.39, 0.29) is 17.2 Å². The van der Waals surface area contributed by atoms with Crippen molar-refractivity contribution in [1.82, 2.24) is 14.1 Å². The summed E-state index contributed by atoms with van der Waals surface area (Å²) in [5.41, 5.74) is 5.29. The fraction of sp³-hybridized carbons (Fsp3) is 0.353. The van der Waals surface area contributed by atoms with Crippen molar-refractivity contribution in [3.05, 3.63) is 107 Å². The molecule has 1 aromatic heterocycles. The fourth-order valence-electron chi connectivity index (χ4n) is 5.39. The van der Waals surface area contributed by atoms with Gasteiger partial charge < -0.3 is 5.32 Å². The lowest BCUT2D eigenvalue weighted by Gasteiger charge is -2.31. The molecule has 2 N–H and O–H groups in total. The number of carbonyl (C=O) groups is 1. The molecule has 0 atom stereocenters. The van der Waals surface area contributed by atoms with Crippen molar-refractivity contribution >= 4 is 27.6 Å². The molecule has 0 radical (unpaired) electrons. The normalized spacial score (nSPS) is 14.9. The summed E-state index contributed by atoms with van der Waals surface area (Å²) in [4.78, 5) is 13.3. The van der Waals surface area contributed by atoms with Crippen molar-refractivity contribution in [3.8, 4) is 5.69 Å². The molecule has 5 rings (SSSR count). The molecule has 4 aromatic rings. The Morgan fingerprint density at radius 2 is 1.56 bits per heavy atom.